The highest BCUT2D eigenvalue weighted by Crippen LogP contribution is 2.24. The van der Waals surface area contributed by atoms with Gasteiger partial charge in [0.15, 0.2) is 0 Å². The standard InChI is InChI=1S/C14H19N5O/c15-13-1-2-16-9-12(13)14-10-17-11-19(14)4-3-18-5-7-20-8-6-18/h1-2,9-11H,3-8H2,(H2,15,16). The van der Waals surface area contributed by atoms with Gasteiger partial charge in [0.25, 0.3) is 0 Å². The summed E-state index contributed by atoms with van der Waals surface area (Å²) < 4.78 is 7.49. The summed E-state index contributed by atoms with van der Waals surface area (Å²) in [7, 11) is 0. The monoisotopic (exact) mass is 273 g/mol. The van der Waals surface area contributed by atoms with Crippen LogP contribution in [0.3, 0.4) is 0 Å². The maximum Gasteiger partial charge on any atom is 0.0951 e. The molecule has 0 aliphatic carbocycles. The molecule has 0 unspecified atom stereocenters. The molecule has 0 amide bonds. The van der Waals surface area contributed by atoms with E-state index in [-0.39, 0.29) is 0 Å². The number of anilines is 1. The third kappa shape index (κ3) is 2.81. The molecule has 3 heterocycles. The van der Waals surface area contributed by atoms with Crippen molar-refractivity contribution in [3.05, 3.63) is 31.0 Å². The first-order chi connectivity index (χ1) is 9.84. The minimum absolute atomic E-state index is 0.730. The predicted molar refractivity (Wildman–Crippen MR) is 77.1 cm³/mol. The first-order valence-corrected chi connectivity index (χ1v) is 6.84. The van der Waals surface area contributed by atoms with Gasteiger partial charge in [-0.05, 0) is 6.07 Å². The topological polar surface area (TPSA) is 69.2 Å². The lowest BCUT2D eigenvalue weighted by Gasteiger charge is -2.26. The summed E-state index contributed by atoms with van der Waals surface area (Å²) in [5.41, 5.74) is 8.70. The van der Waals surface area contributed by atoms with E-state index >= 15 is 0 Å². The van der Waals surface area contributed by atoms with Crippen LogP contribution in [-0.2, 0) is 11.3 Å². The Kier molecular flexibility index (Phi) is 3.94. The molecule has 6 heteroatoms. The van der Waals surface area contributed by atoms with E-state index in [4.69, 9.17) is 10.5 Å². The van der Waals surface area contributed by atoms with E-state index in [1.165, 1.54) is 0 Å². The molecular formula is C14H19N5O. The Balaban J connectivity index is 1.72. The molecule has 1 aliphatic heterocycles. The zero-order valence-corrected chi connectivity index (χ0v) is 11.4. The van der Waals surface area contributed by atoms with Gasteiger partial charge in [-0.3, -0.25) is 9.88 Å². The summed E-state index contributed by atoms with van der Waals surface area (Å²) in [4.78, 5) is 10.8. The fraction of sp³-hybridized carbons (Fsp3) is 0.429. The molecule has 0 bridgehead atoms. The van der Waals surface area contributed by atoms with Crippen LogP contribution in [0, 0.1) is 0 Å². The SMILES string of the molecule is Nc1ccncc1-c1cncn1CCN1CCOCC1. The third-order valence-corrected chi connectivity index (χ3v) is 3.60. The smallest absolute Gasteiger partial charge is 0.0951 e. The maximum atomic E-state index is 6.01. The molecule has 0 atom stereocenters. The molecule has 6 nitrogen and oxygen atoms in total. The second-order valence-electron chi connectivity index (χ2n) is 4.89. The van der Waals surface area contributed by atoms with Crippen molar-refractivity contribution < 1.29 is 4.74 Å². The number of rotatable bonds is 4. The number of pyridine rings is 1. The Morgan fingerprint density at radius 3 is 2.80 bits per heavy atom. The van der Waals surface area contributed by atoms with E-state index in [0.29, 0.717) is 0 Å². The van der Waals surface area contributed by atoms with Crippen LogP contribution in [-0.4, -0.2) is 52.3 Å². The van der Waals surface area contributed by atoms with Gasteiger partial charge in [0.05, 0.1) is 31.4 Å². The highest BCUT2D eigenvalue weighted by atomic mass is 16.5. The van der Waals surface area contributed by atoms with Crippen molar-refractivity contribution in [2.75, 3.05) is 38.6 Å². The summed E-state index contributed by atoms with van der Waals surface area (Å²) in [5.74, 6) is 0. The Labute approximate surface area is 118 Å². The molecule has 1 aliphatic rings. The molecule has 20 heavy (non-hydrogen) atoms. The van der Waals surface area contributed by atoms with Crippen molar-refractivity contribution in [1.29, 1.82) is 0 Å². The first kappa shape index (κ1) is 13.1. The first-order valence-electron chi connectivity index (χ1n) is 6.84. The summed E-state index contributed by atoms with van der Waals surface area (Å²) in [6.45, 7) is 5.54. The lowest BCUT2D eigenvalue weighted by atomic mass is 10.2. The number of aromatic nitrogens is 3. The van der Waals surface area contributed by atoms with Gasteiger partial charge in [0.2, 0.25) is 0 Å². The van der Waals surface area contributed by atoms with Gasteiger partial charge in [-0.1, -0.05) is 0 Å². The van der Waals surface area contributed by atoms with Crippen LogP contribution in [0.25, 0.3) is 11.3 Å². The molecule has 2 aromatic heterocycles. The second kappa shape index (κ2) is 6.02. The number of nitrogens with zero attached hydrogens (tertiary/aromatic N) is 4. The minimum Gasteiger partial charge on any atom is -0.398 e. The van der Waals surface area contributed by atoms with Crippen LogP contribution < -0.4 is 5.73 Å². The minimum atomic E-state index is 0.730. The van der Waals surface area contributed by atoms with Crippen LogP contribution in [0.2, 0.25) is 0 Å². The predicted octanol–water partition coefficient (Wildman–Crippen LogP) is 0.859. The van der Waals surface area contributed by atoms with Crippen molar-refractivity contribution >= 4 is 5.69 Å². The summed E-state index contributed by atoms with van der Waals surface area (Å²) in [6, 6.07) is 1.81. The van der Waals surface area contributed by atoms with Crippen LogP contribution in [0.4, 0.5) is 5.69 Å². The molecular weight excluding hydrogens is 254 g/mol. The molecule has 106 valence electrons. The van der Waals surface area contributed by atoms with Gasteiger partial charge in [0.1, 0.15) is 0 Å². The van der Waals surface area contributed by atoms with E-state index in [1.807, 2.05) is 18.6 Å². The van der Waals surface area contributed by atoms with Crippen LogP contribution in [0.5, 0.6) is 0 Å². The lowest BCUT2D eigenvalue weighted by Crippen LogP contribution is -2.38. The highest BCUT2D eigenvalue weighted by molar-refractivity contribution is 5.72. The highest BCUT2D eigenvalue weighted by Gasteiger charge is 2.12. The van der Waals surface area contributed by atoms with Crippen molar-refractivity contribution in [3.63, 3.8) is 0 Å². The van der Waals surface area contributed by atoms with Crippen molar-refractivity contribution in [2.24, 2.45) is 0 Å². The quantitative estimate of drug-likeness (QED) is 0.894. The number of hydrogen-bond acceptors (Lipinski definition) is 5. The van der Waals surface area contributed by atoms with Crippen molar-refractivity contribution in [2.45, 2.75) is 6.54 Å². The van der Waals surface area contributed by atoms with Crippen LogP contribution in [0.1, 0.15) is 0 Å². The number of nitrogen functional groups attached to an aromatic ring is 1. The molecule has 1 fully saturated rings. The fourth-order valence-electron chi connectivity index (χ4n) is 2.42. The molecule has 0 aromatic carbocycles. The molecule has 2 N–H and O–H groups in total. The molecule has 0 spiro atoms. The number of hydrogen-bond donors (Lipinski definition) is 1. The van der Waals surface area contributed by atoms with Gasteiger partial charge in [-0.25, -0.2) is 4.98 Å². The molecule has 0 saturated carbocycles. The van der Waals surface area contributed by atoms with Gasteiger partial charge in [-0.15, -0.1) is 0 Å². The average Bonchev–Trinajstić information content (AvgIpc) is 2.95. The maximum absolute atomic E-state index is 6.01. The normalized spacial score (nSPS) is 16.4. The van der Waals surface area contributed by atoms with Crippen LogP contribution >= 0.6 is 0 Å². The Morgan fingerprint density at radius 2 is 2.00 bits per heavy atom. The zero-order chi connectivity index (χ0) is 13.8. The summed E-state index contributed by atoms with van der Waals surface area (Å²) in [6.07, 6.45) is 7.18. The summed E-state index contributed by atoms with van der Waals surface area (Å²) in [5, 5.41) is 0. The van der Waals surface area contributed by atoms with E-state index < -0.39 is 0 Å². The largest absolute Gasteiger partial charge is 0.398 e. The number of ether oxygens (including phenoxy) is 1. The molecule has 2 aromatic rings. The molecule has 3 rings (SSSR count). The Bertz CT molecular complexity index is 562. The summed E-state index contributed by atoms with van der Waals surface area (Å²) >= 11 is 0. The Morgan fingerprint density at radius 1 is 1.15 bits per heavy atom. The number of nitrogens with two attached hydrogens (primary N) is 1. The van der Waals surface area contributed by atoms with E-state index in [1.54, 1.807) is 12.4 Å². The van der Waals surface area contributed by atoms with Gasteiger partial charge in [-0.2, -0.15) is 0 Å². The lowest BCUT2D eigenvalue weighted by molar-refractivity contribution is 0.0364. The van der Waals surface area contributed by atoms with Crippen LogP contribution in [0.15, 0.2) is 31.0 Å². The number of morpholine rings is 1. The molecule has 1 saturated heterocycles. The zero-order valence-electron chi connectivity index (χ0n) is 11.4. The van der Waals surface area contributed by atoms with Crippen molar-refractivity contribution in [1.82, 2.24) is 19.4 Å². The Hall–Kier alpha value is -1.92. The van der Waals surface area contributed by atoms with Gasteiger partial charge < -0.3 is 15.0 Å². The van der Waals surface area contributed by atoms with Gasteiger partial charge in [0, 0.05) is 49.8 Å². The third-order valence-electron chi connectivity index (χ3n) is 3.60. The van der Waals surface area contributed by atoms with E-state index in [9.17, 15) is 0 Å². The van der Waals surface area contributed by atoms with Crippen molar-refractivity contribution in [3.8, 4) is 11.3 Å². The molecule has 0 radical (unpaired) electrons. The average molecular weight is 273 g/mol. The van der Waals surface area contributed by atoms with E-state index in [0.717, 1.165) is 56.3 Å². The second-order valence-corrected chi connectivity index (χ2v) is 4.89. The van der Waals surface area contributed by atoms with Gasteiger partial charge >= 0.3 is 0 Å². The van der Waals surface area contributed by atoms with E-state index in [2.05, 4.69) is 19.4 Å². The number of imidazole rings is 1. The fourth-order valence-corrected chi connectivity index (χ4v) is 2.42.